The largest absolute Gasteiger partial charge is 0.390 e. The van der Waals surface area contributed by atoms with Gasteiger partial charge in [-0.1, -0.05) is 0 Å². The molecule has 2 rings (SSSR count). The molecule has 21 heavy (non-hydrogen) atoms. The molecule has 0 unspecified atom stereocenters. The van der Waals surface area contributed by atoms with Crippen molar-refractivity contribution in [2.75, 3.05) is 25.0 Å². The Morgan fingerprint density at radius 1 is 1.29 bits per heavy atom. The van der Waals surface area contributed by atoms with E-state index in [9.17, 15) is 9.90 Å². The third kappa shape index (κ3) is 5.43. The van der Waals surface area contributed by atoms with Gasteiger partial charge in [0.05, 0.1) is 17.8 Å². The first-order chi connectivity index (χ1) is 9.77. The zero-order chi connectivity index (χ0) is 15.6. The standard InChI is InChI=1S/C14H17I3N2O2/c1-14(21)2-4-19(5-3-14)8-12(20)18-13-10(16)6-9(15)7-11(13)17/h6-7,21H,2-5,8H2,1H3,(H,18,20). The topological polar surface area (TPSA) is 52.6 Å². The summed E-state index contributed by atoms with van der Waals surface area (Å²) in [7, 11) is 0. The molecule has 2 N–H and O–H groups in total. The molecule has 1 aromatic rings. The first-order valence-electron chi connectivity index (χ1n) is 6.66. The molecule has 1 aromatic carbocycles. The number of carbonyl (C=O) groups is 1. The molecule has 116 valence electrons. The summed E-state index contributed by atoms with van der Waals surface area (Å²) in [5.74, 6) is 0.00795. The lowest BCUT2D eigenvalue weighted by Gasteiger charge is -2.35. The maximum Gasteiger partial charge on any atom is 0.238 e. The van der Waals surface area contributed by atoms with Gasteiger partial charge in [-0.05, 0) is 99.7 Å². The van der Waals surface area contributed by atoms with Gasteiger partial charge in [-0.15, -0.1) is 0 Å². The Morgan fingerprint density at radius 2 is 1.81 bits per heavy atom. The average Bonchev–Trinajstić information content (AvgIpc) is 2.36. The van der Waals surface area contributed by atoms with Crippen molar-refractivity contribution in [3.63, 3.8) is 0 Å². The summed E-state index contributed by atoms with van der Waals surface area (Å²) in [5.41, 5.74) is 0.319. The monoisotopic (exact) mass is 626 g/mol. The van der Waals surface area contributed by atoms with Crippen molar-refractivity contribution in [2.24, 2.45) is 0 Å². The van der Waals surface area contributed by atoms with Crippen LogP contribution < -0.4 is 5.32 Å². The molecule has 0 bridgehead atoms. The van der Waals surface area contributed by atoms with Crippen molar-refractivity contribution in [3.05, 3.63) is 22.8 Å². The Balaban J connectivity index is 1.94. The van der Waals surface area contributed by atoms with E-state index in [2.05, 4.69) is 90.1 Å². The van der Waals surface area contributed by atoms with Crippen molar-refractivity contribution in [1.82, 2.24) is 4.90 Å². The fourth-order valence-electron chi connectivity index (χ4n) is 2.24. The van der Waals surface area contributed by atoms with Gasteiger partial charge in [0, 0.05) is 23.8 Å². The lowest BCUT2D eigenvalue weighted by molar-refractivity contribution is -0.118. The first-order valence-corrected chi connectivity index (χ1v) is 9.89. The van der Waals surface area contributed by atoms with E-state index < -0.39 is 5.60 Å². The number of nitrogens with zero attached hydrogens (tertiary/aromatic N) is 1. The molecule has 0 aromatic heterocycles. The van der Waals surface area contributed by atoms with Crippen LogP contribution in [0.4, 0.5) is 5.69 Å². The summed E-state index contributed by atoms with van der Waals surface area (Å²) in [6.45, 7) is 3.78. The summed E-state index contributed by atoms with van der Waals surface area (Å²) >= 11 is 6.77. The number of hydrogen-bond donors (Lipinski definition) is 2. The number of carbonyl (C=O) groups excluding carboxylic acids is 1. The molecule has 1 heterocycles. The van der Waals surface area contributed by atoms with E-state index in [4.69, 9.17) is 0 Å². The van der Waals surface area contributed by atoms with Crippen LogP contribution in [0.2, 0.25) is 0 Å². The van der Waals surface area contributed by atoms with E-state index in [1.807, 2.05) is 6.92 Å². The molecule has 0 aliphatic carbocycles. The van der Waals surface area contributed by atoms with Crippen LogP contribution in [0.5, 0.6) is 0 Å². The highest BCUT2D eigenvalue weighted by Crippen LogP contribution is 2.27. The van der Waals surface area contributed by atoms with Crippen molar-refractivity contribution < 1.29 is 9.90 Å². The maximum absolute atomic E-state index is 12.2. The van der Waals surface area contributed by atoms with Gasteiger partial charge in [0.25, 0.3) is 0 Å². The number of aliphatic hydroxyl groups is 1. The molecule has 0 spiro atoms. The van der Waals surface area contributed by atoms with E-state index >= 15 is 0 Å². The fraction of sp³-hybridized carbons (Fsp3) is 0.500. The number of halogens is 3. The van der Waals surface area contributed by atoms with Crippen LogP contribution in [-0.4, -0.2) is 41.1 Å². The molecule has 0 saturated carbocycles. The number of nitrogens with one attached hydrogen (secondary N) is 1. The van der Waals surface area contributed by atoms with Gasteiger partial charge in [0.2, 0.25) is 5.91 Å². The number of piperidine rings is 1. The lowest BCUT2D eigenvalue weighted by atomic mass is 9.94. The highest BCUT2D eigenvalue weighted by atomic mass is 127. The number of rotatable bonds is 3. The van der Waals surface area contributed by atoms with Crippen molar-refractivity contribution in [3.8, 4) is 0 Å². The molecular formula is C14H17I3N2O2. The van der Waals surface area contributed by atoms with Crippen molar-refractivity contribution in [1.29, 1.82) is 0 Å². The smallest absolute Gasteiger partial charge is 0.238 e. The Bertz CT molecular complexity index is 516. The average molecular weight is 626 g/mol. The zero-order valence-electron chi connectivity index (χ0n) is 11.6. The third-order valence-corrected chi connectivity index (χ3v) is 5.90. The second kappa shape index (κ2) is 7.58. The van der Waals surface area contributed by atoms with E-state index in [0.717, 1.165) is 42.3 Å². The van der Waals surface area contributed by atoms with Crippen molar-refractivity contribution >= 4 is 79.4 Å². The van der Waals surface area contributed by atoms with Crippen molar-refractivity contribution in [2.45, 2.75) is 25.4 Å². The van der Waals surface area contributed by atoms with Crippen LogP contribution in [0.25, 0.3) is 0 Å². The lowest BCUT2D eigenvalue weighted by Crippen LogP contribution is -2.45. The van der Waals surface area contributed by atoms with Gasteiger partial charge < -0.3 is 10.4 Å². The molecule has 1 amide bonds. The second-order valence-electron chi connectivity index (χ2n) is 5.57. The molecule has 1 saturated heterocycles. The van der Waals surface area contributed by atoms with E-state index in [1.54, 1.807) is 0 Å². The normalized spacial score (nSPS) is 18.5. The Hall–Kier alpha value is 0.800. The van der Waals surface area contributed by atoms with Crippen LogP contribution >= 0.6 is 67.8 Å². The maximum atomic E-state index is 12.2. The number of hydrogen-bond acceptors (Lipinski definition) is 3. The molecule has 1 aliphatic heterocycles. The predicted octanol–water partition coefficient (Wildman–Crippen LogP) is 3.29. The van der Waals surface area contributed by atoms with E-state index in [0.29, 0.717) is 6.54 Å². The van der Waals surface area contributed by atoms with Gasteiger partial charge in [0.1, 0.15) is 0 Å². The van der Waals surface area contributed by atoms with Crippen LogP contribution in [0.1, 0.15) is 19.8 Å². The highest BCUT2D eigenvalue weighted by molar-refractivity contribution is 14.1. The minimum absolute atomic E-state index is 0.00795. The quantitative estimate of drug-likeness (QED) is 0.508. The molecule has 1 aliphatic rings. The zero-order valence-corrected chi connectivity index (χ0v) is 18.1. The summed E-state index contributed by atoms with van der Waals surface area (Å²) in [6.07, 6.45) is 1.44. The van der Waals surface area contributed by atoms with Gasteiger partial charge >= 0.3 is 0 Å². The SMILES string of the molecule is CC1(O)CCN(CC(=O)Nc2c(I)cc(I)cc2I)CC1. The van der Waals surface area contributed by atoms with Crippen LogP contribution in [0.15, 0.2) is 12.1 Å². The minimum Gasteiger partial charge on any atom is -0.390 e. The first kappa shape index (κ1) is 18.1. The predicted molar refractivity (Wildman–Crippen MR) is 110 cm³/mol. The summed E-state index contributed by atoms with van der Waals surface area (Å²) in [5, 5.41) is 12.9. The number of anilines is 1. The summed E-state index contributed by atoms with van der Waals surface area (Å²) in [6, 6.07) is 4.11. The molecule has 1 fully saturated rings. The number of amides is 1. The van der Waals surface area contributed by atoms with Crippen LogP contribution in [-0.2, 0) is 4.79 Å². The van der Waals surface area contributed by atoms with E-state index in [-0.39, 0.29) is 5.91 Å². The summed E-state index contributed by atoms with van der Waals surface area (Å²) < 4.78 is 3.27. The Kier molecular flexibility index (Phi) is 6.55. The molecule has 0 atom stereocenters. The van der Waals surface area contributed by atoms with Gasteiger partial charge in [-0.3, -0.25) is 9.69 Å². The van der Waals surface area contributed by atoms with Crippen LogP contribution in [0, 0.1) is 10.7 Å². The Morgan fingerprint density at radius 3 is 2.33 bits per heavy atom. The van der Waals surface area contributed by atoms with Gasteiger partial charge in [-0.2, -0.15) is 0 Å². The van der Waals surface area contributed by atoms with Gasteiger partial charge in [-0.25, -0.2) is 0 Å². The molecule has 4 nitrogen and oxygen atoms in total. The molecule has 7 heteroatoms. The third-order valence-electron chi connectivity index (χ3n) is 3.57. The second-order valence-corrected chi connectivity index (χ2v) is 9.14. The van der Waals surface area contributed by atoms with E-state index in [1.165, 1.54) is 0 Å². The number of likely N-dealkylation sites (tertiary alicyclic amines) is 1. The highest BCUT2D eigenvalue weighted by Gasteiger charge is 2.28. The Labute approximate surface area is 165 Å². The molecular weight excluding hydrogens is 609 g/mol. The summed E-state index contributed by atoms with van der Waals surface area (Å²) in [4.78, 5) is 14.3. The van der Waals surface area contributed by atoms with Gasteiger partial charge in [0.15, 0.2) is 0 Å². The number of benzene rings is 1. The minimum atomic E-state index is -0.576. The molecule has 0 radical (unpaired) electrons. The van der Waals surface area contributed by atoms with Crippen LogP contribution in [0.3, 0.4) is 0 Å². The fourth-order valence-corrected chi connectivity index (χ4v) is 6.09.